The smallest absolute Gasteiger partial charge is 2.00 e. The van der Waals surface area contributed by atoms with E-state index in [1.807, 2.05) is 0 Å². The van der Waals surface area contributed by atoms with Gasteiger partial charge in [0.1, 0.15) is 0 Å². The Bertz CT molecular complexity index is 30.7. The van der Waals surface area contributed by atoms with Gasteiger partial charge in [-0.25, -0.2) is 0 Å². The second kappa shape index (κ2) is 40.2. The zero-order valence-electron chi connectivity index (χ0n) is 3.14. The van der Waals surface area contributed by atoms with E-state index in [1.54, 1.807) is 0 Å². The number of hydrogen-bond donors (Lipinski definition) is 0. The molecular formula is B2FeO4. The second-order valence-electron chi connectivity index (χ2n) is 0.192. The molecule has 0 aliphatic carbocycles. The van der Waals surface area contributed by atoms with Crippen molar-refractivity contribution in [3.8, 4) is 0 Å². The quantitative estimate of drug-likeness (QED) is 0.330. The SMILES string of the molecule is O=B[O-].O=B[O-].[Fe+2]. The van der Waals surface area contributed by atoms with E-state index in [0.29, 0.717) is 0 Å². The molecule has 0 saturated carbocycles. The Balaban J connectivity index is -0.0000000400. The summed E-state index contributed by atoms with van der Waals surface area (Å²) >= 11 is 0. The van der Waals surface area contributed by atoms with Gasteiger partial charge < -0.3 is 0 Å². The molecule has 0 aromatic rings. The molecule has 0 aliphatic rings. The summed E-state index contributed by atoms with van der Waals surface area (Å²) in [6, 6.07) is 0. The van der Waals surface area contributed by atoms with Crippen LogP contribution in [-0.4, -0.2) is 14.7 Å². The summed E-state index contributed by atoms with van der Waals surface area (Å²) in [6.07, 6.45) is 0. The van der Waals surface area contributed by atoms with E-state index in [1.165, 1.54) is 0 Å². The van der Waals surface area contributed by atoms with Gasteiger partial charge in [-0.1, -0.05) is 0 Å². The van der Waals surface area contributed by atoms with Crippen LogP contribution >= 0.6 is 0 Å². The fourth-order valence-electron chi connectivity index (χ4n) is 0. The molecule has 0 saturated heterocycles. The van der Waals surface area contributed by atoms with E-state index in [4.69, 9.17) is 19.5 Å². The first-order valence-corrected chi connectivity index (χ1v) is 0.943. The van der Waals surface area contributed by atoms with E-state index in [0.717, 1.165) is 0 Å². The van der Waals surface area contributed by atoms with Crippen molar-refractivity contribution in [2.24, 2.45) is 0 Å². The fraction of sp³-hybridized carbons (Fsp3) is 0. The third-order valence-corrected chi connectivity index (χ3v) is 0. The first kappa shape index (κ1) is 15.8. The molecular weight excluding hydrogens is 141 g/mol. The molecule has 0 spiro atoms. The van der Waals surface area contributed by atoms with Crippen LogP contribution in [-0.2, 0) is 26.5 Å². The molecule has 7 heteroatoms. The van der Waals surface area contributed by atoms with Crippen molar-refractivity contribution in [3.05, 3.63) is 0 Å². The van der Waals surface area contributed by atoms with Gasteiger partial charge in [0.2, 0.25) is 0 Å². The first-order chi connectivity index (χ1) is 2.83. The molecule has 0 aliphatic heterocycles. The van der Waals surface area contributed by atoms with Crippen molar-refractivity contribution in [3.63, 3.8) is 0 Å². The largest absolute Gasteiger partial charge is 2.00 e. The Labute approximate surface area is 52.0 Å². The van der Waals surface area contributed by atoms with Crippen molar-refractivity contribution in [1.29, 1.82) is 0 Å². The summed E-state index contributed by atoms with van der Waals surface area (Å²) in [5.41, 5.74) is 0. The third-order valence-electron chi connectivity index (χ3n) is 0. The Morgan fingerprint density at radius 2 is 1.00 bits per heavy atom. The molecule has 0 amide bonds. The van der Waals surface area contributed by atoms with Crippen molar-refractivity contribution in [2.75, 3.05) is 0 Å². The van der Waals surface area contributed by atoms with Crippen molar-refractivity contribution in [1.82, 2.24) is 0 Å². The van der Waals surface area contributed by atoms with Crippen LogP contribution in [0.15, 0.2) is 0 Å². The predicted octanol–water partition coefficient (Wildman–Crippen LogP) is -3.38. The average Bonchev–Trinajstić information content (AvgIpc) is 1.39. The van der Waals surface area contributed by atoms with Crippen LogP contribution in [0, 0.1) is 0 Å². The Kier molecular flexibility index (Phi) is 90.9. The summed E-state index contributed by atoms with van der Waals surface area (Å²) in [6.45, 7) is 0. The molecule has 0 bridgehead atoms. The van der Waals surface area contributed by atoms with Crippen molar-refractivity contribution in [2.45, 2.75) is 0 Å². The standard InChI is InChI=1S/2BO2.Fe/c2*2-1-3;/q2*-1;+2. The molecule has 0 rings (SSSR count). The van der Waals surface area contributed by atoms with Gasteiger partial charge in [-0.2, -0.15) is 0 Å². The molecule has 4 nitrogen and oxygen atoms in total. The molecule has 0 unspecified atom stereocenters. The van der Waals surface area contributed by atoms with Gasteiger partial charge in [0.25, 0.3) is 0 Å². The fourth-order valence-corrected chi connectivity index (χ4v) is 0. The molecule has 0 fully saturated rings. The summed E-state index contributed by atoms with van der Waals surface area (Å²) in [5.74, 6) is 0. The molecule has 0 N–H and O–H groups in total. The van der Waals surface area contributed by atoms with Crippen molar-refractivity contribution >= 4 is 14.7 Å². The molecule has 0 aromatic carbocycles. The number of rotatable bonds is 0. The van der Waals surface area contributed by atoms with Crippen LogP contribution in [0.4, 0.5) is 0 Å². The van der Waals surface area contributed by atoms with E-state index in [2.05, 4.69) is 0 Å². The molecule has 0 radical (unpaired) electrons. The Morgan fingerprint density at radius 1 is 1.00 bits per heavy atom. The average molecular weight is 141 g/mol. The molecule has 0 atom stereocenters. The topological polar surface area (TPSA) is 80.3 Å². The monoisotopic (exact) mass is 142 g/mol. The maximum absolute atomic E-state index is 8.25. The zero-order chi connectivity index (χ0) is 5.41. The van der Waals surface area contributed by atoms with Gasteiger partial charge in [0.15, 0.2) is 0 Å². The predicted molar refractivity (Wildman–Crippen MR) is 12.9 cm³/mol. The molecule has 7 heavy (non-hydrogen) atoms. The summed E-state index contributed by atoms with van der Waals surface area (Å²) in [7, 11) is -1.00. The zero-order valence-corrected chi connectivity index (χ0v) is 4.25. The van der Waals surface area contributed by atoms with Crippen LogP contribution in [0.3, 0.4) is 0 Å². The van der Waals surface area contributed by atoms with Crippen LogP contribution in [0.25, 0.3) is 0 Å². The van der Waals surface area contributed by atoms with Gasteiger partial charge in [-0.3, -0.25) is 0 Å². The van der Waals surface area contributed by atoms with Crippen LogP contribution in [0.5, 0.6) is 0 Å². The Hall–Kier alpha value is -0.151. The minimum absolute atomic E-state index is 0. The minimum Gasteiger partial charge on any atom is 2.00 e. The Morgan fingerprint density at radius 3 is 1.00 bits per heavy atom. The normalized spacial score (nSPS) is 2.29. The maximum Gasteiger partial charge on any atom is 2.00 e. The van der Waals surface area contributed by atoms with Gasteiger partial charge in [0, 0.05) is 0 Å². The summed E-state index contributed by atoms with van der Waals surface area (Å²) in [4.78, 5) is 0. The van der Waals surface area contributed by atoms with Gasteiger partial charge >= 0.3 is 51.2 Å². The van der Waals surface area contributed by atoms with Crippen LogP contribution in [0.1, 0.15) is 0 Å². The van der Waals surface area contributed by atoms with Crippen LogP contribution in [0.2, 0.25) is 0 Å². The first-order valence-electron chi connectivity index (χ1n) is 0.943. The number of hydrogen-bond acceptors (Lipinski definition) is 4. The van der Waals surface area contributed by atoms with Gasteiger partial charge in [-0.15, -0.1) is 0 Å². The van der Waals surface area contributed by atoms with E-state index >= 15 is 0 Å². The van der Waals surface area contributed by atoms with Crippen LogP contribution < -0.4 is 10.0 Å². The molecule has 38 valence electrons. The van der Waals surface area contributed by atoms with E-state index in [-0.39, 0.29) is 17.1 Å². The molecule has 0 heterocycles. The van der Waals surface area contributed by atoms with E-state index in [9.17, 15) is 0 Å². The molecule has 0 aromatic heterocycles. The second-order valence-corrected chi connectivity index (χ2v) is 0.192. The summed E-state index contributed by atoms with van der Waals surface area (Å²) < 4.78 is 16.5. The van der Waals surface area contributed by atoms with Gasteiger partial charge in [-0.05, 0) is 0 Å². The minimum atomic E-state index is -0.500. The third kappa shape index (κ3) is 3820. The van der Waals surface area contributed by atoms with Crippen molar-refractivity contribution < 1.29 is 36.5 Å². The maximum atomic E-state index is 8.25. The van der Waals surface area contributed by atoms with E-state index < -0.39 is 14.7 Å². The van der Waals surface area contributed by atoms with Gasteiger partial charge in [0.05, 0.1) is 0 Å². The summed E-state index contributed by atoms with van der Waals surface area (Å²) in [5, 5.41) is 16.5.